The van der Waals surface area contributed by atoms with E-state index in [1.807, 2.05) is 11.3 Å². The molecule has 1 fully saturated rings. The molecule has 0 aromatic carbocycles. The van der Waals surface area contributed by atoms with Crippen molar-refractivity contribution in [1.29, 1.82) is 0 Å². The lowest BCUT2D eigenvalue weighted by Crippen LogP contribution is -2.45. The minimum absolute atomic E-state index is 0.0367. The van der Waals surface area contributed by atoms with Gasteiger partial charge >= 0.3 is 0 Å². The lowest BCUT2D eigenvalue weighted by atomic mass is 9.84. The van der Waals surface area contributed by atoms with E-state index >= 15 is 0 Å². The molecule has 1 aromatic heterocycles. The van der Waals surface area contributed by atoms with E-state index in [0.29, 0.717) is 12.5 Å². The van der Waals surface area contributed by atoms with Crippen LogP contribution in [0.1, 0.15) is 24.6 Å². The van der Waals surface area contributed by atoms with E-state index in [1.54, 1.807) is 7.05 Å². The second-order valence-electron chi connectivity index (χ2n) is 6.47. The molecule has 1 aliphatic heterocycles. The number of aliphatic imine (C=N–C) groups is 1. The van der Waals surface area contributed by atoms with E-state index in [4.69, 9.17) is 4.74 Å². The summed E-state index contributed by atoms with van der Waals surface area (Å²) in [5.41, 5.74) is 0.0367. The molecule has 0 aliphatic carbocycles. The predicted molar refractivity (Wildman–Crippen MR) is 96.1 cm³/mol. The molecule has 0 radical (unpaired) electrons. The second kappa shape index (κ2) is 9.25. The average molecular weight is 340 g/mol. The maximum absolute atomic E-state index is 9.28. The van der Waals surface area contributed by atoms with Gasteiger partial charge < -0.3 is 20.5 Å². The van der Waals surface area contributed by atoms with Crippen LogP contribution in [0.4, 0.5) is 0 Å². The maximum atomic E-state index is 9.28. The van der Waals surface area contributed by atoms with Crippen LogP contribution in [0.3, 0.4) is 0 Å². The average Bonchev–Trinajstić information content (AvgIpc) is 3.20. The van der Waals surface area contributed by atoms with Gasteiger partial charge in [0.2, 0.25) is 0 Å². The Hall–Kier alpha value is -1.11. The smallest absolute Gasteiger partial charge is 0.191 e. The summed E-state index contributed by atoms with van der Waals surface area (Å²) in [6.45, 7) is 5.62. The lowest BCUT2D eigenvalue weighted by molar-refractivity contribution is 0.127. The highest BCUT2D eigenvalue weighted by molar-refractivity contribution is 7.09. The van der Waals surface area contributed by atoms with Crippen LogP contribution in [-0.4, -0.2) is 51.0 Å². The molecule has 3 N–H and O–H groups in total. The van der Waals surface area contributed by atoms with Crippen molar-refractivity contribution in [1.82, 2.24) is 10.6 Å². The number of hydrogen-bond acceptors (Lipinski definition) is 4. The zero-order valence-corrected chi connectivity index (χ0v) is 15.0. The van der Waals surface area contributed by atoms with Gasteiger partial charge in [0, 0.05) is 43.6 Å². The molecule has 130 valence electrons. The Morgan fingerprint density at radius 1 is 1.52 bits per heavy atom. The number of nitrogens with zero attached hydrogens (tertiary/aromatic N) is 1. The topological polar surface area (TPSA) is 65.9 Å². The molecule has 23 heavy (non-hydrogen) atoms. The summed E-state index contributed by atoms with van der Waals surface area (Å²) in [5, 5.41) is 18.2. The van der Waals surface area contributed by atoms with Crippen molar-refractivity contribution in [2.24, 2.45) is 16.3 Å². The van der Waals surface area contributed by atoms with Gasteiger partial charge in [0.15, 0.2) is 5.96 Å². The normalized spacial score (nSPS) is 23.0. The number of thiophene rings is 1. The van der Waals surface area contributed by atoms with Crippen molar-refractivity contribution in [3.05, 3.63) is 22.4 Å². The van der Waals surface area contributed by atoms with Crippen LogP contribution in [0, 0.1) is 11.3 Å². The minimum atomic E-state index is 0.0367. The summed E-state index contributed by atoms with van der Waals surface area (Å²) in [7, 11) is 1.79. The summed E-state index contributed by atoms with van der Waals surface area (Å²) >= 11 is 1.81. The van der Waals surface area contributed by atoms with Gasteiger partial charge in [0.05, 0.1) is 6.61 Å². The van der Waals surface area contributed by atoms with Crippen molar-refractivity contribution in [3.8, 4) is 0 Å². The van der Waals surface area contributed by atoms with E-state index in [2.05, 4.69) is 40.1 Å². The van der Waals surface area contributed by atoms with Gasteiger partial charge in [-0.3, -0.25) is 4.99 Å². The summed E-state index contributed by atoms with van der Waals surface area (Å²) in [6, 6.07) is 4.29. The van der Waals surface area contributed by atoms with Gasteiger partial charge in [-0.2, -0.15) is 0 Å². The van der Waals surface area contributed by atoms with Crippen molar-refractivity contribution < 1.29 is 9.84 Å². The number of rotatable bonds is 8. The fraction of sp³-hybridized carbons (Fsp3) is 0.706. The molecule has 5 nitrogen and oxygen atoms in total. The molecule has 1 aromatic rings. The Balaban J connectivity index is 1.74. The van der Waals surface area contributed by atoms with E-state index in [-0.39, 0.29) is 12.0 Å². The highest BCUT2D eigenvalue weighted by atomic mass is 32.1. The maximum Gasteiger partial charge on any atom is 0.191 e. The van der Waals surface area contributed by atoms with E-state index in [0.717, 1.165) is 44.9 Å². The van der Waals surface area contributed by atoms with Crippen molar-refractivity contribution >= 4 is 17.3 Å². The van der Waals surface area contributed by atoms with Crippen LogP contribution < -0.4 is 10.6 Å². The highest BCUT2D eigenvalue weighted by Gasteiger charge is 2.34. The summed E-state index contributed by atoms with van der Waals surface area (Å²) in [5.74, 6) is 1.38. The van der Waals surface area contributed by atoms with Crippen LogP contribution in [-0.2, 0) is 11.2 Å². The van der Waals surface area contributed by atoms with Gasteiger partial charge in [0.1, 0.15) is 0 Å². The first kappa shape index (κ1) is 18.2. The van der Waals surface area contributed by atoms with Crippen molar-refractivity contribution in [3.63, 3.8) is 0 Å². The molecule has 1 saturated heterocycles. The lowest BCUT2D eigenvalue weighted by Gasteiger charge is -2.28. The first-order chi connectivity index (χ1) is 11.2. The Labute approximate surface area is 143 Å². The summed E-state index contributed by atoms with van der Waals surface area (Å²) in [6.07, 6.45) is 2.85. The fourth-order valence-corrected chi connectivity index (χ4v) is 3.79. The van der Waals surface area contributed by atoms with Crippen molar-refractivity contribution in [2.45, 2.75) is 26.2 Å². The van der Waals surface area contributed by atoms with Gasteiger partial charge in [0.25, 0.3) is 0 Å². The van der Waals surface area contributed by atoms with Crippen LogP contribution in [0.2, 0.25) is 0 Å². The molecule has 2 unspecified atom stereocenters. The quantitative estimate of drug-likeness (QED) is 0.500. The molecule has 2 atom stereocenters. The molecule has 1 aliphatic rings. The van der Waals surface area contributed by atoms with E-state index < -0.39 is 0 Å². The molecule has 2 heterocycles. The molecular formula is C17H29N3O2S. The Morgan fingerprint density at radius 3 is 3.00 bits per heavy atom. The third-order valence-electron chi connectivity index (χ3n) is 4.43. The number of nitrogens with one attached hydrogen (secondary N) is 2. The summed E-state index contributed by atoms with van der Waals surface area (Å²) < 4.78 is 5.53. The van der Waals surface area contributed by atoms with Crippen LogP contribution in [0.15, 0.2) is 22.5 Å². The molecule has 0 amide bonds. The number of guanidine groups is 1. The Kier molecular flexibility index (Phi) is 7.33. The molecule has 6 heteroatoms. The predicted octanol–water partition coefficient (Wildman–Crippen LogP) is 1.88. The van der Waals surface area contributed by atoms with Crippen molar-refractivity contribution in [2.75, 3.05) is 40.0 Å². The van der Waals surface area contributed by atoms with Gasteiger partial charge in [-0.25, -0.2) is 0 Å². The fourth-order valence-electron chi connectivity index (χ4n) is 2.92. The third-order valence-corrected chi connectivity index (χ3v) is 5.33. The molecule has 0 bridgehead atoms. The Bertz CT molecular complexity index is 470. The number of aliphatic hydroxyl groups is 1. The number of ether oxygens (including phenoxy) is 1. The highest BCUT2D eigenvalue weighted by Crippen LogP contribution is 2.31. The number of aliphatic hydroxyl groups excluding tert-OH is 1. The summed E-state index contributed by atoms with van der Waals surface area (Å²) in [4.78, 5) is 5.73. The third kappa shape index (κ3) is 5.79. The van der Waals surface area contributed by atoms with Crippen LogP contribution >= 0.6 is 11.3 Å². The van der Waals surface area contributed by atoms with Crippen LogP contribution in [0.25, 0.3) is 0 Å². The monoisotopic (exact) mass is 339 g/mol. The molecule has 2 rings (SSSR count). The largest absolute Gasteiger partial charge is 0.396 e. The van der Waals surface area contributed by atoms with Gasteiger partial charge in [-0.1, -0.05) is 13.0 Å². The van der Waals surface area contributed by atoms with E-state index in [1.165, 1.54) is 4.88 Å². The molecule has 0 spiro atoms. The minimum Gasteiger partial charge on any atom is -0.396 e. The first-order valence-electron chi connectivity index (χ1n) is 8.33. The van der Waals surface area contributed by atoms with Gasteiger partial charge in [-0.05, 0) is 36.6 Å². The molecular weight excluding hydrogens is 310 g/mol. The number of hydrogen-bond donors (Lipinski definition) is 3. The Morgan fingerprint density at radius 2 is 2.39 bits per heavy atom. The first-order valence-corrected chi connectivity index (χ1v) is 9.21. The van der Waals surface area contributed by atoms with Crippen LogP contribution in [0.5, 0.6) is 0 Å². The van der Waals surface area contributed by atoms with Gasteiger partial charge in [-0.15, -0.1) is 11.3 Å². The second-order valence-corrected chi connectivity index (χ2v) is 7.50. The van der Waals surface area contributed by atoms with E-state index in [9.17, 15) is 5.11 Å². The SMILES string of the molecule is CN=C(NCC(C)Cc1cccs1)NCC1(CCO)CCOC1. The standard InChI is InChI=1S/C17H29N3O2S/c1-14(10-15-4-3-9-23-15)11-19-16(18-2)20-12-17(5-7-21)6-8-22-13-17/h3-4,9,14,21H,5-8,10-13H2,1-2H3,(H2,18,19,20). The zero-order valence-electron chi connectivity index (χ0n) is 14.2. The zero-order chi connectivity index (χ0) is 16.5. The molecule has 0 saturated carbocycles.